The number of aromatic amines is 1. The third-order valence-electron chi connectivity index (χ3n) is 2.12. The number of amides is 1. The second kappa shape index (κ2) is 4.92. The van der Waals surface area contributed by atoms with Crippen LogP contribution in [0, 0.1) is 5.82 Å². The minimum atomic E-state index is -0.385. The Morgan fingerprint density at radius 3 is 2.65 bits per heavy atom. The maximum absolute atomic E-state index is 12.6. The highest BCUT2D eigenvalue weighted by Crippen LogP contribution is 2.03. The molecule has 2 N–H and O–H groups in total. The van der Waals surface area contributed by atoms with Gasteiger partial charge in [0.2, 0.25) is 0 Å². The molecule has 0 radical (unpaired) electrons. The molecule has 1 heterocycles. The van der Waals surface area contributed by atoms with Crippen LogP contribution in [0.3, 0.4) is 0 Å². The Labute approximate surface area is 100 Å². The first-order valence-electron chi connectivity index (χ1n) is 4.85. The molecule has 6 heteroatoms. The maximum Gasteiger partial charge on any atom is 0.304 e. The number of hydrogen-bond donors (Lipinski definition) is 2. The van der Waals surface area contributed by atoms with Crippen molar-refractivity contribution in [2.45, 2.75) is 6.54 Å². The summed E-state index contributed by atoms with van der Waals surface area (Å²) in [6.45, 7) is 0.245. The van der Waals surface area contributed by atoms with Gasteiger partial charge < -0.3 is 10.3 Å². The van der Waals surface area contributed by atoms with Crippen LogP contribution >= 0.6 is 11.3 Å². The zero-order chi connectivity index (χ0) is 12.3. The molecule has 1 aromatic carbocycles. The third kappa shape index (κ3) is 3.01. The monoisotopic (exact) mass is 252 g/mol. The summed E-state index contributed by atoms with van der Waals surface area (Å²) in [6.07, 6.45) is 0. The van der Waals surface area contributed by atoms with Crippen molar-refractivity contribution in [1.29, 1.82) is 0 Å². The SMILES string of the molecule is O=C(NCc1csc(=O)[nH]1)c1ccc(F)cc1. The number of benzene rings is 1. The standard InChI is InChI=1S/C11H9FN2O2S/c12-8-3-1-7(2-4-8)10(15)13-5-9-6-17-11(16)14-9/h1-4,6H,5H2,(H,13,15)(H,14,16). The molecule has 88 valence electrons. The van der Waals surface area contributed by atoms with Crippen LogP contribution < -0.4 is 10.2 Å². The molecule has 0 aliphatic carbocycles. The largest absolute Gasteiger partial charge is 0.346 e. The van der Waals surface area contributed by atoms with Crippen LogP contribution in [0.4, 0.5) is 4.39 Å². The highest BCUT2D eigenvalue weighted by molar-refractivity contribution is 7.07. The van der Waals surface area contributed by atoms with Crippen LogP contribution in [-0.4, -0.2) is 10.9 Å². The average Bonchev–Trinajstić information content (AvgIpc) is 2.73. The lowest BCUT2D eigenvalue weighted by Gasteiger charge is -2.03. The van der Waals surface area contributed by atoms with E-state index in [0.717, 1.165) is 11.3 Å². The number of carbonyl (C=O) groups excluding carboxylic acids is 1. The summed E-state index contributed by atoms with van der Waals surface area (Å²) in [5.41, 5.74) is 1.03. The van der Waals surface area contributed by atoms with Crippen molar-refractivity contribution in [3.05, 3.63) is 56.4 Å². The Morgan fingerprint density at radius 1 is 1.35 bits per heavy atom. The van der Waals surface area contributed by atoms with E-state index in [1.165, 1.54) is 24.3 Å². The van der Waals surface area contributed by atoms with Gasteiger partial charge in [0, 0.05) is 16.6 Å². The lowest BCUT2D eigenvalue weighted by molar-refractivity contribution is 0.0950. The Bertz CT molecular complexity index is 574. The van der Waals surface area contributed by atoms with Crippen LogP contribution in [0.15, 0.2) is 34.4 Å². The lowest BCUT2D eigenvalue weighted by atomic mass is 10.2. The molecule has 0 spiro atoms. The Balaban J connectivity index is 1.98. The van der Waals surface area contributed by atoms with Gasteiger partial charge in [0.25, 0.3) is 5.91 Å². The summed E-state index contributed by atoms with van der Waals surface area (Å²) in [4.78, 5) is 24.9. The van der Waals surface area contributed by atoms with Crippen LogP contribution in [0.2, 0.25) is 0 Å². The fourth-order valence-electron chi connectivity index (χ4n) is 1.28. The predicted molar refractivity (Wildman–Crippen MR) is 62.5 cm³/mol. The van der Waals surface area contributed by atoms with Gasteiger partial charge in [-0.25, -0.2) is 4.39 Å². The molecule has 0 saturated carbocycles. The van der Waals surface area contributed by atoms with Crippen molar-refractivity contribution < 1.29 is 9.18 Å². The Kier molecular flexibility index (Phi) is 3.34. The molecule has 0 bridgehead atoms. The lowest BCUT2D eigenvalue weighted by Crippen LogP contribution is -2.23. The number of carbonyl (C=O) groups is 1. The zero-order valence-electron chi connectivity index (χ0n) is 8.70. The van der Waals surface area contributed by atoms with E-state index in [-0.39, 0.29) is 23.1 Å². The summed E-state index contributed by atoms with van der Waals surface area (Å²) in [7, 11) is 0. The van der Waals surface area contributed by atoms with E-state index in [9.17, 15) is 14.0 Å². The van der Waals surface area contributed by atoms with E-state index in [2.05, 4.69) is 10.3 Å². The smallest absolute Gasteiger partial charge is 0.304 e. The van der Waals surface area contributed by atoms with Crippen LogP contribution in [0.25, 0.3) is 0 Å². The van der Waals surface area contributed by atoms with Gasteiger partial charge in [0.1, 0.15) is 5.82 Å². The normalized spacial score (nSPS) is 10.2. The van der Waals surface area contributed by atoms with Crippen molar-refractivity contribution in [1.82, 2.24) is 10.3 Å². The van der Waals surface area contributed by atoms with E-state index in [1.807, 2.05) is 0 Å². The maximum atomic E-state index is 12.6. The fraction of sp³-hybridized carbons (Fsp3) is 0.0909. The highest BCUT2D eigenvalue weighted by Gasteiger charge is 2.05. The molecule has 0 aliphatic heterocycles. The third-order valence-corrected chi connectivity index (χ3v) is 2.84. The van der Waals surface area contributed by atoms with E-state index in [1.54, 1.807) is 5.38 Å². The van der Waals surface area contributed by atoms with E-state index < -0.39 is 0 Å². The molecule has 1 aromatic heterocycles. The first-order valence-corrected chi connectivity index (χ1v) is 5.73. The van der Waals surface area contributed by atoms with Gasteiger partial charge in [-0.05, 0) is 24.3 Å². The minimum Gasteiger partial charge on any atom is -0.346 e. The molecule has 17 heavy (non-hydrogen) atoms. The van der Waals surface area contributed by atoms with Gasteiger partial charge in [-0.1, -0.05) is 11.3 Å². The van der Waals surface area contributed by atoms with Gasteiger partial charge in [-0.2, -0.15) is 0 Å². The number of H-pyrrole nitrogens is 1. The Hall–Kier alpha value is -1.95. The molecule has 0 atom stereocenters. The topological polar surface area (TPSA) is 62.0 Å². The molecule has 2 rings (SSSR count). The molecule has 0 saturated heterocycles. The summed E-state index contributed by atoms with van der Waals surface area (Å²) >= 11 is 1.04. The second-order valence-electron chi connectivity index (χ2n) is 3.36. The summed E-state index contributed by atoms with van der Waals surface area (Å²) in [5, 5.41) is 4.27. The number of aromatic nitrogens is 1. The Morgan fingerprint density at radius 2 is 2.06 bits per heavy atom. The quantitative estimate of drug-likeness (QED) is 0.869. The number of thiazole rings is 1. The van der Waals surface area contributed by atoms with Crippen molar-refractivity contribution in [3.63, 3.8) is 0 Å². The van der Waals surface area contributed by atoms with Gasteiger partial charge in [-0.15, -0.1) is 0 Å². The van der Waals surface area contributed by atoms with Crippen LogP contribution in [-0.2, 0) is 6.54 Å². The average molecular weight is 252 g/mol. The molecule has 0 aliphatic rings. The molecule has 0 fully saturated rings. The number of halogens is 1. The number of rotatable bonds is 3. The van der Waals surface area contributed by atoms with Gasteiger partial charge in [0.05, 0.1) is 6.54 Å². The predicted octanol–water partition coefficient (Wildman–Crippen LogP) is 1.51. The zero-order valence-corrected chi connectivity index (χ0v) is 9.51. The number of nitrogens with one attached hydrogen (secondary N) is 2. The molecule has 1 amide bonds. The molecular formula is C11H9FN2O2S. The molecule has 2 aromatic rings. The van der Waals surface area contributed by atoms with Crippen molar-refractivity contribution >= 4 is 17.2 Å². The van der Waals surface area contributed by atoms with Gasteiger partial charge >= 0.3 is 4.87 Å². The summed E-state index contributed by atoms with van der Waals surface area (Å²) in [6, 6.07) is 5.25. The van der Waals surface area contributed by atoms with Crippen LogP contribution in [0.5, 0.6) is 0 Å². The fourth-order valence-corrected chi connectivity index (χ4v) is 1.86. The molecule has 0 unspecified atom stereocenters. The first kappa shape index (κ1) is 11.5. The number of hydrogen-bond acceptors (Lipinski definition) is 3. The van der Waals surface area contributed by atoms with Crippen molar-refractivity contribution in [3.8, 4) is 0 Å². The van der Waals surface area contributed by atoms with E-state index in [0.29, 0.717) is 11.3 Å². The molecule has 4 nitrogen and oxygen atoms in total. The van der Waals surface area contributed by atoms with Crippen molar-refractivity contribution in [2.75, 3.05) is 0 Å². The summed E-state index contributed by atoms with van der Waals surface area (Å²) in [5.74, 6) is -0.694. The minimum absolute atomic E-state index is 0.156. The van der Waals surface area contributed by atoms with E-state index >= 15 is 0 Å². The van der Waals surface area contributed by atoms with Crippen LogP contribution in [0.1, 0.15) is 16.1 Å². The molecular weight excluding hydrogens is 243 g/mol. The van der Waals surface area contributed by atoms with E-state index in [4.69, 9.17) is 0 Å². The highest BCUT2D eigenvalue weighted by atomic mass is 32.1. The van der Waals surface area contributed by atoms with Crippen molar-refractivity contribution in [2.24, 2.45) is 0 Å². The first-order chi connectivity index (χ1) is 8.15. The van der Waals surface area contributed by atoms with Gasteiger partial charge in [-0.3, -0.25) is 9.59 Å². The second-order valence-corrected chi connectivity index (χ2v) is 4.21. The van der Waals surface area contributed by atoms with Gasteiger partial charge in [0.15, 0.2) is 0 Å². The summed E-state index contributed by atoms with van der Waals surface area (Å²) < 4.78 is 12.6.